The summed E-state index contributed by atoms with van der Waals surface area (Å²) in [6, 6.07) is 3.84. The minimum absolute atomic E-state index is 0.446. The van der Waals surface area contributed by atoms with Crippen LogP contribution in [0.3, 0.4) is 0 Å². The van der Waals surface area contributed by atoms with Crippen molar-refractivity contribution in [3.63, 3.8) is 0 Å². The van der Waals surface area contributed by atoms with Crippen molar-refractivity contribution in [1.82, 2.24) is 0 Å². The zero-order valence-electron chi connectivity index (χ0n) is 6.79. The van der Waals surface area contributed by atoms with E-state index in [9.17, 15) is 0 Å². The van der Waals surface area contributed by atoms with Gasteiger partial charge in [-0.1, -0.05) is 0 Å². The maximum atomic E-state index is 5.51. The van der Waals surface area contributed by atoms with Gasteiger partial charge in [0.05, 0.1) is 6.54 Å². The van der Waals surface area contributed by atoms with Crippen LogP contribution in [0.1, 0.15) is 5.76 Å². The van der Waals surface area contributed by atoms with Crippen LogP contribution in [0.4, 0.5) is 0 Å². The molecule has 0 amide bonds. The van der Waals surface area contributed by atoms with E-state index in [4.69, 9.17) is 10.2 Å². The molecule has 0 aliphatic rings. The molecule has 0 aromatic carbocycles. The summed E-state index contributed by atoms with van der Waals surface area (Å²) in [6.45, 7) is 0.446. The van der Waals surface area contributed by atoms with Gasteiger partial charge in [0.2, 0.25) is 0 Å². The molecule has 2 N–H and O–H groups in total. The van der Waals surface area contributed by atoms with Crippen molar-refractivity contribution < 1.29 is 4.42 Å². The number of halogens is 1. The van der Waals surface area contributed by atoms with E-state index >= 15 is 0 Å². The van der Waals surface area contributed by atoms with Gasteiger partial charge in [-0.15, -0.1) is 0 Å². The molecule has 2 rings (SSSR count). The van der Waals surface area contributed by atoms with Crippen molar-refractivity contribution >= 4 is 27.3 Å². The summed E-state index contributed by atoms with van der Waals surface area (Å²) in [5.41, 5.74) is 6.54. The molecular formula is C9H8BrNOS. The van der Waals surface area contributed by atoms with Gasteiger partial charge in [0.25, 0.3) is 0 Å². The Balaban J connectivity index is 2.41. The van der Waals surface area contributed by atoms with E-state index in [1.165, 1.54) is 0 Å². The van der Waals surface area contributed by atoms with Crippen LogP contribution >= 0.6 is 27.3 Å². The van der Waals surface area contributed by atoms with Crippen LogP contribution in [0.25, 0.3) is 11.3 Å². The van der Waals surface area contributed by atoms with Gasteiger partial charge in [-0.3, -0.25) is 0 Å². The average molecular weight is 258 g/mol. The molecule has 2 nitrogen and oxygen atoms in total. The lowest BCUT2D eigenvalue weighted by atomic mass is 10.3. The van der Waals surface area contributed by atoms with Crippen molar-refractivity contribution in [2.45, 2.75) is 6.54 Å². The molecular weight excluding hydrogens is 250 g/mol. The van der Waals surface area contributed by atoms with Crippen molar-refractivity contribution in [3.8, 4) is 11.3 Å². The summed E-state index contributed by atoms with van der Waals surface area (Å²) < 4.78 is 6.57. The molecule has 68 valence electrons. The van der Waals surface area contributed by atoms with Crippen molar-refractivity contribution in [1.29, 1.82) is 0 Å². The lowest BCUT2D eigenvalue weighted by Gasteiger charge is -1.92. The molecule has 0 aliphatic carbocycles. The van der Waals surface area contributed by atoms with E-state index in [1.54, 1.807) is 11.3 Å². The lowest BCUT2D eigenvalue weighted by Crippen LogP contribution is -1.92. The summed E-state index contributed by atoms with van der Waals surface area (Å²) in [5, 5.41) is 4.07. The molecule has 0 spiro atoms. The molecule has 0 aliphatic heterocycles. The number of rotatable bonds is 2. The van der Waals surface area contributed by atoms with Crippen LogP contribution in [0.2, 0.25) is 0 Å². The van der Waals surface area contributed by atoms with Gasteiger partial charge in [0.15, 0.2) is 0 Å². The third kappa shape index (κ3) is 1.70. The van der Waals surface area contributed by atoms with E-state index in [-0.39, 0.29) is 0 Å². The monoisotopic (exact) mass is 257 g/mol. The Morgan fingerprint density at radius 2 is 2.23 bits per heavy atom. The van der Waals surface area contributed by atoms with Crippen LogP contribution in [-0.4, -0.2) is 0 Å². The van der Waals surface area contributed by atoms with E-state index in [0.29, 0.717) is 6.54 Å². The fourth-order valence-electron chi connectivity index (χ4n) is 1.09. The van der Waals surface area contributed by atoms with Crippen LogP contribution in [0.15, 0.2) is 31.8 Å². The molecule has 0 fully saturated rings. The van der Waals surface area contributed by atoms with Gasteiger partial charge >= 0.3 is 0 Å². The Hall–Kier alpha value is -0.580. The van der Waals surface area contributed by atoms with E-state index in [2.05, 4.69) is 15.9 Å². The Labute approximate surface area is 88.5 Å². The second kappa shape index (κ2) is 3.65. The van der Waals surface area contributed by atoms with E-state index < -0.39 is 0 Å². The molecule has 2 aromatic rings. The highest BCUT2D eigenvalue weighted by molar-refractivity contribution is 9.10. The predicted molar refractivity (Wildman–Crippen MR) is 57.6 cm³/mol. The lowest BCUT2D eigenvalue weighted by molar-refractivity contribution is 0.525. The summed E-state index contributed by atoms with van der Waals surface area (Å²) in [4.78, 5) is 0. The summed E-state index contributed by atoms with van der Waals surface area (Å²) >= 11 is 5.09. The molecule has 4 heteroatoms. The topological polar surface area (TPSA) is 39.2 Å². The van der Waals surface area contributed by atoms with Gasteiger partial charge < -0.3 is 10.2 Å². The highest BCUT2D eigenvalue weighted by atomic mass is 79.9. The van der Waals surface area contributed by atoms with E-state index in [0.717, 1.165) is 21.6 Å². The fourth-order valence-corrected chi connectivity index (χ4v) is 2.57. The maximum absolute atomic E-state index is 5.51. The molecule has 0 unspecified atom stereocenters. The highest BCUT2D eigenvalue weighted by Crippen LogP contribution is 2.32. The average Bonchev–Trinajstić information content (AvgIpc) is 2.71. The number of hydrogen-bond donors (Lipinski definition) is 1. The highest BCUT2D eigenvalue weighted by Gasteiger charge is 2.07. The molecule has 0 bridgehead atoms. The normalized spacial score (nSPS) is 10.6. The first-order valence-corrected chi connectivity index (χ1v) is 5.55. The SMILES string of the molecule is NCc1ccc(-c2cscc2Br)o1. The van der Waals surface area contributed by atoms with Crippen molar-refractivity contribution in [2.24, 2.45) is 5.73 Å². The van der Waals surface area contributed by atoms with Crippen LogP contribution in [0, 0.1) is 0 Å². The van der Waals surface area contributed by atoms with Crippen molar-refractivity contribution in [2.75, 3.05) is 0 Å². The number of nitrogens with two attached hydrogens (primary N) is 1. The zero-order valence-corrected chi connectivity index (χ0v) is 9.19. The standard InChI is InChI=1S/C9H8BrNOS/c10-8-5-13-4-7(8)9-2-1-6(3-11)12-9/h1-2,4-5H,3,11H2. The Bertz CT molecular complexity index is 407. The Morgan fingerprint density at radius 1 is 1.38 bits per heavy atom. The van der Waals surface area contributed by atoms with Crippen molar-refractivity contribution in [3.05, 3.63) is 33.1 Å². The Morgan fingerprint density at radius 3 is 2.77 bits per heavy atom. The van der Waals surface area contributed by atoms with Gasteiger partial charge in [-0.05, 0) is 28.1 Å². The second-order valence-electron chi connectivity index (χ2n) is 2.60. The fraction of sp³-hybridized carbons (Fsp3) is 0.111. The molecule has 2 heterocycles. The second-order valence-corrected chi connectivity index (χ2v) is 4.20. The van der Waals surface area contributed by atoms with Crippen LogP contribution in [0.5, 0.6) is 0 Å². The molecule has 2 aromatic heterocycles. The molecule has 0 saturated heterocycles. The molecule has 0 saturated carbocycles. The smallest absolute Gasteiger partial charge is 0.136 e. The number of hydrogen-bond acceptors (Lipinski definition) is 3. The first-order chi connectivity index (χ1) is 6.31. The van der Waals surface area contributed by atoms with Gasteiger partial charge in [0.1, 0.15) is 11.5 Å². The first kappa shape index (κ1) is 8.99. The predicted octanol–water partition coefficient (Wildman–Crippen LogP) is 3.23. The minimum Gasteiger partial charge on any atom is -0.460 e. The Kier molecular flexibility index (Phi) is 2.53. The largest absolute Gasteiger partial charge is 0.460 e. The maximum Gasteiger partial charge on any atom is 0.136 e. The third-order valence-corrected chi connectivity index (χ3v) is 3.45. The zero-order chi connectivity index (χ0) is 9.26. The quantitative estimate of drug-likeness (QED) is 0.898. The summed E-state index contributed by atoms with van der Waals surface area (Å²) in [6.07, 6.45) is 0. The minimum atomic E-state index is 0.446. The molecule has 0 radical (unpaired) electrons. The van der Waals surface area contributed by atoms with Gasteiger partial charge in [0, 0.05) is 20.8 Å². The number of thiophene rings is 1. The summed E-state index contributed by atoms with van der Waals surface area (Å²) in [5.74, 6) is 1.68. The number of furan rings is 1. The third-order valence-electron chi connectivity index (χ3n) is 1.74. The molecule has 13 heavy (non-hydrogen) atoms. The van der Waals surface area contributed by atoms with Crippen LogP contribution < -0.4 is 5.73 Å². The van der Waals surface area contributed by atoms with Gasteiger partial charge in [-0.25, -0.2) is 0 Å². The van der Waals surface area contributed by atoms with Crippen LogP contribution in [-0.2, 0) is 6.54 Å². The van der Waals surface area contributed by atoms with Gasteiger partial charge in [-0.2, -0.15) is 11.3 Å². The van der Waals surface area contributed by atoms with E-state index in [1.807, 2.05) is 22.9 Å². The summed E-state index contributed by atoms with van der Waals surface area (Å²) in [7, 11) is 0. The molecule has 0 atom stereocenters. The first-order valence-electron chi connectivity index (χ1n) is 3.82.